The van der Waals surface area contributed by atoms with Crippen LogP contribution >= 0.6 is 0 Å². The van der Waals surface area contributed by atoms with Gasteiger partial charge in [-0.3, -0.25) is 4.57 Å². The topological polar surface area (TPSA) is 33.5 Å². The number of rotatable bonds is 7. The highest BCUT2D eigenvalue weighted by atomic mass is 16.5. The Morgan fingerprint density at radius 1 is 0.500 bits per heavy atom. The summed E-state index contributed by atoms with van der Waals surface area (Å²) in [5.41, 5.74) is 12.1. The molecule has 0 saturated carbocycles. The molecule has 1 aliphatic heterocycles. The number of hydrogen-bond donors (Lipinski definition) is 0. The van der Waals surface area contributed by atoms with Crippen molar-refractivity contribution in [3.63, 3.8) is 0 Å². The highest BCUT2D eigenvalue weighted by molar-refractivity contribution is 6.11. The molecular formula is C65H68N4O. The van der Waals surface area contributed by atoms with Gasteiger partial charge in [0.15, 0.2) is 0 Å². The predicted molar refractivity (Wildman–Crippen MR) is 298 cm³/mol. The molecule has 2 aromatic heterocycles. The van der Waals surface area contributed by atoms with Crippen molar-refractivity contribution < 1.29 is 15.7 Å². The standard InChI is InChI=1S/C65H68N4O/c1-42-30-61(66-40-56(42)43-20-15-14-16-21-43)69-57-29-26-44(45-31-46(62(2,3)4)34-47(32-45)63(5,6)7)33-55(57)54-28-27-53(39-60(54)69)70-52-23-19-22-50(38-52)67-41-68(59-25-18-17-24-58(59)67)51-36-48(64(8,9)10)35-49(37-51)65(11,12)13/h14-40H,41H2,1-13H3/i1D3,14D,15D,16D,20D,21D. The molecule has 0 bridgehead atoms. The Hall–Kier alpha value is -7.11. The summed E-state index contributed by atoms with van der Waals surface area (Å²) < 4.78 is 77.5. The second kappa shape index (κ2) is 17.1. The zero-order chi connectivity index (χ0) is 56.3. The number of para-hydroxylation sites is 2. The van der Waals surface area contributed by atoms with Gasteiger partial charge in [0.05, 0.1) is 29.3 Å². The number of benzene rings is 7. The van der Waals surface area contributed by atoms with Crippen LogP contribution in [0.3, 0.4) is 0 Å². The molecule has 70 heavy (non-hydrogen) atoms. The van der Waals surface area contributed by atoms with Gasteiger partial charge in [-0.15, -0.1) is 0 Å². The summed E-state index contributed by atoms with van der Waals surface area (Å²) in [6.07, 6.45) is 1.32. The van der Waals surface area contributed by atoms with Crippen molar-refractivity contribution in [3.05, 3.63) is 192 Å². The summed E-state index contributed by atoms with van der Waals surface area (Å²) >= 11 is 0. The average molecular weight is 929 g/mol. The fraction of sp³-hybridized carbons (Fsp3) is 0.277. The molecule has 0 amide bonds. The van der Waals surface area contributed by atoms with E-state index in [9.17, 15) is 0 Å². The number of pyridine rings is 1. The lowest BCUT2D eigenvalue weighted by atomic mass is 9.79. The number of anilines is 4. The molecule has 3 heterocycles. The minimum absolute atomic E-state index is 0.0463. The Balaban J connectivity index is 1.10. The van der Waals surface area contributed by atoms with Crippen LogP contribution in [0.5, 0.6) is 11.5 Å². The molecule has 0 radical (unpaired) electrons. The maximum atomic E-state index is 8.77. The molecular weight excluding hydrogens is 853 g/mol. The monoisotopic (exact) mass is 929 g/mol. The van der Waals surface area contributed by atoms with Crippen LogP contribution in [-0.4, -0.2) is 16.2 Å². The normalized spacial score (nSPS) is 15.2. The summed E-state index contributed by atoms with van der Waals surface area (Å²) in [6, 6.07) is 41.4. The van der Waals surface area contributed by atoms with Crippen molar-refractivity contribution in [2.75, 3.05) is 16.5 Å². The van der Waals surface area contributed by atoms with E-state index < -0.39 is 37.1 Å². The van der Waals surface area contributed by atoms with E-state index in [1.807, 2.05) is 41.0 Å². The highest BCUT2D eigenvalue weighted by Crippen LogP contribution is 2.47. The molecule has 0 unspecified atom stereocenters. The van der Waals surface area contributed by atoms with Crippen molar-refractivity contribution in [1.82, 2.24) is 9.55 Å². The van der Waals surface area contributed by atoms with E-state index in [2.05, 4.69) is 178 Å². The van der Waals surface area contributed by atoms with Crippen LogP contribution in [-0.2, 0) is 21.7 Å². The number of aromatic nitrogens is 2. The summed E-state index contributed by atoms with van der Waals surface area (Å²) in [5, 5.41) is 1.78. The van der Waals surface area contributed by atoms with E-state index in [1.54, 1.807) is 0 Å². The van der Waals surface area contributed by atoms with Gasteiger partial charge in [-0.2, -0.15) is 0 Å². The van der Waals surface area contributed by atoms with Crippen molar-refractivity contribution in [3.8, 4) is 39.6 Å². The largest absolute Gasteiger partial charge is 0.457 e. The first-order valence-electron chi connectivity index (χ1n) is 28.3. The molecule has 10 rings (SSSR count). The summed E-state index contributed by atoms with van der Waals surface area (Å²) in [7, 11) is 0. The third-order valence-corrected chi connectivity index (χ3v) is 13.7. The Morgan fingerprint density at radius 3 is 1.71 bits per heavy atom. The zero-order valence-electron chi connectivity index (χ0n) is 50.6. The fourth-order valence-corrected chi connectivity index (χ4v) is 9.44. The second-order valence-electron chi connectivity index (χ2n) is 23.0. The van der Waals surface area contributed by atoms with Crippen LogP contribution in [0.2, 0.25) is 0 Å². The van der Waals surface area contributed by atoms with Gasteiger partial charge >= 0.3 is 0 Å². The highest BCUT2D eigenvalue weighted by Gasteiger charge is 2.31. The Kier molecular flexibility index (Phi) is 9.21. The molecule has 1 aliphatic rings. The first-order chi connectivity index (χ1) is 36.4. The molecule has 0 N–H and O–H groups in total. The minimum Gasteiger partial charge on any atom is -0.457 e. The van der Waals surface area contributed by atoms with E-state index in [4.69, 9.17) is 20.7 Å². The lowest BCUT2D eigenvalue weighted by Crippen LogP contribution is -2.25. The van der Waals surface area contributed by atoms with Gasteiger partial charge in [0, 0.05) is 50.2 Å². The summed E-state index contributed by atoms with van der Waals surface area (Å²) in [4.78, 5) is 9.57. The van der Waals surface area contributed by atoms with Crippen molar-refractivity contribution in [2.24, 2.45) is 0 Å². The minimum atomic E-state index is -2.76. The second-order valence-corrected chi connectivity index (χ2v) is 23.0. The van der Waals surface area contributed by atoms with Crippen LogP contribution in [0.1, 0.15) is 122 Å². The van der Waals surface area contributed by atoms with E-state index in [0.29, 0.717) is 23.7 Å². The van der Waals surface area contributed by atoms with E-state index in [0.717, 1.165) is 50.2 Å². The first kappa shape index (κ1) is 37.7. The molecule has 7 aromatic carbocycles. The molecule has 0 saturated heterocycles. The molecule has 0 spiro atoms. The van der Waals surface area contributed by atoms with Crippen molar-refractivity contribution in [1.29, 1.82) is 0 Å². The third-order valence-electron chi connectivity index (χ3n) is 13.7. The van der Waals surface area contributed by atoms with Gasteiger partial charge in [0.2, 0.25) is 0 Å². The van der Waals surface area contributed by atoms with E-state index in [1.165, 1.54) is 34.5 Å². The summed E-state index contributed by atoms with van der Waals surface area (Å²) in [5.74, 6) is 1.44. The molecule has 0 fully saturated rings. The van der Waals surface area contributed by atoms with Gasteiger partial charge in [-0.05, 0) is 140 Å². The lowest BCUT2D eigenvalue weighted by molar-refractivity contribution is 0.483. The quantitative estimate of drug-likeness (QED) is 0.159. The molecule has 0 aliphatic carbocycles. The van der Waals surface area contributed by atoms with E-state index in [-0.39, 0.29) is 44.2 Å². The molecule has 5 nitrogen and oxygen atoms in total. The Bertz CT molecular complexity index is 3770. The molecule has 9 aromatic rings. The number of ether oxygens (including phenoxy) is 1. The van der Waals surface area contributed by atoms with Gasteiger partial charge in [-0.1, -0.05) is 162 Å². The van der Waals surface area contributed by atoms with Gasteiger partial charge in [0.25, 0.3) is 0 Å². The van der Waals surface area contributed by atoms with Crippen LogP contribution < -0.4 is 14.5 Å². The van der Waals surface area contributed by atoms with Gasteiger partial charge in [-0.25, -0.2) is 4.98 Å². The SMILES string of the molecule is [2H]c1c([2H])c([2H])c(-c2cnc(-n3c4ccc(-c5cc(C(C)(C)C)cc(C(C)(C)C)c5)cc4c4ccc(Oc5cccc(N6CN(c7cc(C(C)(C)C)cc(C(C)(C)C)c7)c7ccccc76)c5)cc43)cc2C([2H])([2H])[2H])c([2H])c1[2H]. The first-order valence-corrected chi connectivity index (χ1v) is 24.3. The van der Waals surface area contributed by atoms with Crippen LogP contribution in [0, 0.1) is 6.85 Å². The zero-order valence-corrected chi connectivity index (χ0v) is 42.6. The fourth-order valence-electron chi connectivity index (χ4n) is 9.44. The smallest absolute Gasteiger partial charge is 0.137 e. The van der Waals surface area contributed by atoms with E-state index >= 15 is 0 Å². The Labute approximate surface area is 427 Å². The molecule has 5 heteroatoms. The van der Waals surface area contributed by atoms with Crippen molar-refractivity contribution in [2.45, 2.75) is 112 Å². The van der Waals surface area contributed by atoms with Gasteiger partial charge in [0.1, 0.15) is 24.0 Å². The van der Waals surface area contributed by atoms with Crippen molar-refractivity contribution >= 4 is 44.6 Å². The maximum absolute atomic E-state index is 8.77. The third kappa shape index (κ3) is 8.87. The number of hydrogen-bond acceptors (Lipinski definition) is 4. The predicted octanol–water partition coefficient (Wildman–Crippen LogP) is 18.1. The van der Waals surface area contributed by atoms with Crippen LogP contribution in [0.4, 0.5) is 22.7 Å². The molecule has 0 atom stereocenters. The number of fused-ring (bicyclic) bond motifs is 4. The van der Waals surface area contributed by atoms with Crippen LogP contribution in [0.15, 0.2) is 164 Å². The van der Waals surface area contributed by atoms with Crippen LogP contribution in [0.25, 0.3) is 49.9 Å². The molecule has 354 valence electrons. The lowest BCUT2D eigenvalue weighted by Gasteiger charge is -2.29. The Morgan fingerprint density at radius 2 is 1.10 bits per heavy atom. The average Bonchev–Trinajstić information content (AvgIpc) is 3.99. The number of aryl methyl sites for hydroxylation is 1. The summed E-state index contributed by atoms with van der Waals surface area (Å²) in [6.45, 7) is 24.8. The number of nitrogens with zero attached hydrogens (tertiary/aromatic N) is 4. The van der Waals surface area contributed by atoms with Gasteiger partial charge < -0.3 is 14.5 Å². The maximum Gasteiger partial charge on any atom is 0.137 e.